The number of nitrogens with zero attached hydrogens (tertiary/aromatic N) is 6. The summed E-state index contributed by atoms with van der Waals surface area (Å²) in [4.78, 5) is 7.11. The molecule has 3 fully saturated rings. The van der Waals surface area contributed by atoms with Gasteiger partial charge in [-0.05, 0) is 57.6 Å². The topological polar surface area (TPSA) is 118 Å². The van der Waals surface area contributed by atoms with Crippen LogP contribution in [0.15, 0.2) is 30.5 Å². The lowest BCUT2D eigenvalue weighted by Crippen LogP contribution is -2.61. The second-order valence-electron chi connectivity index (χ2n) is 11.0. The van der Waals surface area contributed by atoms with Crippen molar-refractivity contribution in [2.75, 3.05) is 18.1 Å². The van der Waals surface area contributed by atoms with Crippen LogP contribution in [0.3, 0.4) is 0 Å². The first-order valence-corrected chi connectivity index (χ1v) is 13.3. The zero-order valence-corrected chi connectivity index (χ0v) is 20.9. The summed E-state index contributed by atoms with van der Waals surface area (Å²) >= 11 is 0. The molecule has 3 aromatic rings. The molecule has 1 saturated carbocycles. The van der Waals surface area contributed by atoms with Crippen molar-refractivity contribution in [3.63, 3.8) is 0 Å². The number of phenolic OH excluding ortho intramolecular Hbond substituents is 1. The molecule has 10 nitrogen and oxygen atoms in total. The number of fused-ring (bicyclic) bond motifs is 3. The van der Waals surface area contributed by atoms with Crippen molar-refractivity contribution in [1.29, 1.82) is 0 Å². The molecule has 2 N–H and O–H groups in total. The highest BCUT2D eigenvalue weighted by molar-refractivity contribution is 5.72. The van der Waals surface area contributed by atoms with Crippen LogP contribution in [0.1, 0.15) is 51.9 Å². The Balaban J connectivity index is 1.13. The van der Waals surface area contributed by atoms with Crippen molar-refractivity contribution in [3.05, 3.63) is 30.5 Å². The second kappa shape index (κ2) is 8.79. The molecule has 5 heterocycles. The van der Waals surface area contributed by atoms with Gasteiger partial charge in [0, 0.05) is 35.3 Å². The van der Waals surface area contributed by atoms with Crippen molar-refractivity contribution < 1.29 is 14.6 Å². The number of rotatable bonds is 5. The van der Waals surface area contributed by atoms with E-state index >= 15 is 0 Å². The zero-order chi connectivity index (χ0) is 25.0. The molecule has 0 radical (unpaired) electrons. The number of piperidine rings is 2. The summed E-state index contributed by atoms with van der Waals surface area (Å²) in [5.74, 6) is 2.22. The zero-order valence-electron chi connectivity index (χ0n) is 20.9. The Bertz CT molecular complexity index is 1320. The standard InChI is InChI=1S/C27H31N7O3/c1-27-8-2-3-17(29-27)12-19(14-27)34(18-5-6-18)24-15-28-25(32-31-24)20-7-4-16(11-22(20)35)21-13-23-26(33-30-21)37-10-9-36-23/h4,7,11,13,15,17-19,29,35H,2-3,5-6,8-10,12,14H2,1H3/t17-,19-,27+/m1/s1. The maximum absolute atomic E-state index is 10.8. The second-order valence-corrected chi connectivity index (χ2v) is 11.0. The normalized spacial score (nSPS) is 26.5. The molecule has 0 unspecified atom stereocenters. The summed E-state index contributed by atoms with van der Waals surface area (Å²) in [6.07, 6.45) is 10.3. The Labute approximate surface area is 215 Å². The number of anilines is 1. The van der Waals surface area contributed by atoms with E-state index in [1.807, 2.05) is 12.3 Å². The number of aromatic hydroxyl groups is 1. The smallest absolute Gasteiger partial charge is 0.276 e. The molecule has 10 heteroatoms. The van der Waals surface area contributed by atoms with E-state index in [0.29, 0.717) is 65.6 Å². The lowest BCUT2D eigenvalue weighted by Gasteiger charge is -2.50. The Morgan fingerprint density at radius 3 is 2.70 bits per heavy atom. The molecule has 2 bridgehead atoms. The van der Waals surface area contributed by atoms with Gasteiger partial charge in [-0.3, -0.25) is 0 Å². The highest BCUT2D eigenvalue weighted by atomic mass is 16.6. The summed E-state index contributed by atoms with van der Waals surface area (Å²) in [6.45, 7) is 3.30. The lowest BCUT2D eigenvalue weighted by atomic mass is 9.75. The molecule has 3 atom stereocenters. The Hall–Kier alpha value is -3.53. The number of ether oxygens (including phenoxy) is 2. The summed E-state index contributed by atoms with van der Waals surface area (Å²) in [6, 6.07) is 8.60. The van der Waals surface area contributed by atoms with Crippen LogP contribution in [0, 0.1) is 0 Å². The summed E-state index contributed by atoms with van der Waals surface area (Å²) in [5, 5.41) is 32.0. The van der Waals surface area contributed by atoms with Crippen molar-refractivity contribution in [2.45, 2.75) is 75.5 Å². The minimum atomic E-state index is 0.0573. The van der Waals surface area contributed by atoms with E-state index in [1.54, 1.807) is 18.2 Å². The minimum absolute atomic E-state index is 0.0573. The van der Waals surface area contributed by atoms with Crippen molar-refractivity contribution in [2.24, 2.45) is 0 Å². The number of aromatic nitrogens is 5. The fraction of sp³-hybridized carbons (Fsp3) is 0.519. The molecule has 0 spiro atoms. The first-order valence-electron chi connectivity index (χ1n) is 13.3. The van der Waals surface area contributed by atoms with Gasteiger partial charge in [-0.15, -0.1) is 20.4 Å². The van der Waals surface area contributed by atoms with Crippen LogP contribution >= 0.6 is 0 Å². The van der Waals surface area contributed by atoms with Crippen LogP contribution in [0.4, 0.5) is 5.82 Å². The van der Waals surface area contributed by atoms with Gasteiger partial charge in [0.1, 0.15) is 19.0 Å². The Kier molecular flexibility index (Phi) is 5.38. The molecule has 7 rings (SSSR count). The minimum Gasteiger partial charge on any atom is -0.507 e. The molecule has 0 amide bonds. The van der Waals surface area contributed by atoms with Gasteiger partial charge in [0.15, 0.2) is 17.4 Å². The number of benzene rings is 1. The summed E-state index contributed by atoms with van der Waals surface area (Å²) in [7, 11) is 0. The summed E-state index contributed by atoms with van der Waals surface area (Å²) in [5.41, 5.74) is 2.02. The fourth-order valence-corrected chi connectivity index (χ4v) is 6.27. The van der Waals surface area contributed by atoms with Gasteiger partial charge < -0.3 is 24.8 Å². The predicted molar refractivity (Wildman–Crippen MR) is 137 cm³/mol. The van der Waals surface area contributed by atoms with Gasteiger partial charge >= 0.3 is 0 Å². The van der Waals surface area contributed by atoms with E-state index < -0.39 is 0 Å². The van der Waals surface area contributed by atoms with Crippen molar-refractivity contribution in [1.82, 2.24) is 30.7 Å². The lowest BCUT2D eigenvalue weighted by molar-refractivity contribution is 0.138. The van der Waals surface area contributed by atoms with Crippen LogP contribution in [0.5, 0.6) is 17.4 Å². The first-order chi connectivity index (χ1) is 18.0. The van der Waals surface area contributed by atoms with E-state index in [4.69, 9.17) is 9.47 Å². The predicted octanol–water partition coefficient (Wildman–Crippen LogP) is 3.50. The van der Waals surface area contributed by atoms with Crippen LogP contribution in [-0.2, 0) is 0 Å². The van der Waals surface area contributed by atoms with Crippen LogP contribution < -0.4 is 19.7 Å². The van der Waals surface area contributed by atoms with Gasteiger partial charge in [-0.2, -0.15) is 0 Å². The maximum atomic E-state index is 10.8. The highest BCUT2D eigenvalue weighted by Crippen LogP contribution is 2.41. The van der Waals surface area contributed by atoms with E-state index in [9.17, 15) is 5.11 Å². The Morgan fingerprint density at radius 1 is 1.03 bits per heavy atom. The first kappa shape index (κ1) is 22.7. The number of phenols is 1. The molecule has 4 aliphatic rings. The van der Waals surface area contributed by atoms with E-state index in [-0.39, 0.29) is 11.3 Å². The van der Waals surface area contributed by atoms with Crippen LogP contribution in [0.25, 0.3) is 22.6 Å². The fourth-order valence-electron chi connectivity index (χ4n) is 6.27. The maximum Gasteiger partial charge on any atom is 0.276 e. The molecule has 3 aliphatic heterocycles. The monoisotopic (exact) mass is 501 g/mol. The molecule has 2 aromatic heterocycles. The number of hydrogen-bond acceptors (Lipinski definition) is 10. The third kappa shape index (κ3) is 4.33. The van der Waals surface area contributed by atoms with E-state index in [1.165, 1.54) is 32.1 Å². The number of nitrogens with one attached hydrogen (secondary N) is 1. The summed E-state index contributed by atoms with van der Waals surface area (Å²) < 4.78 is 11.0. The molecular weight excluding hydrogens is 470 g/mol. The molecule has 1 aromatic carbocycles. The van der Waals surface area contributed by atoms with Gasteiger partial charge in [-0.25, -0.2) is 4.98 Å². The van der Waals surface area contributed by atoms with E-state index in [0.717, 1.165) is 18.7 Å². The van der Waals surface area contributed by atoms with E-state index in [2.05, 4.69) is 42.5 Å². The SMILES string of the molecule is C[C@]12CCC[C@H](C[C@@H](N(c3cnc(-c4ccc(-c5cc6c(nn5)OCCO6)cc4O)nn3)C3CC3)C1)N2. The van der Waals surface area contributed by atoms with Gasteiger partial charge in [0.2, 0.25) is 0 Å². The third-order valence-electron chi connectivity index (χ3n) is 8.07. The quantitative estimate of drug-likeness (QED) is 0.538. The largest absolute Gasteiger partial charge is 0.507 e. The van der Waals surface area contributed by atoms with Crippen LogP contribution in [0.2, 0.25) is 0 Å². The van der Waals surface area contributed by atoms with Gasteiger partial charge in [0.05, 0.1) is 17.5 Å². The third-order valence-corrected chi connectivity index (χ3v) is 8.07. The highest BCUT2D eigenvalue weighted by Gasteiger charge is 2.45. The molecule has 192 valence electrons. The van der Waals surface area contributed by atoms with Crippen LogP contribution in [-0.4, -0.2) is 67.4 Å². The molecular formula is C27H31N7O3. The number of hydrogen-bond donors (Lipinski definition) is 2. The van der Waals surface area contributed by atoms with Crippen molar-refractivity contribution >= 4 is 5.82 Å². The van der Waals surface area contributed by atoms with Crippen molar-refractivity contribution in [3.8, 4) is 40.0 Å². The molecule has 37 heavy (non-hydrogen) atoms. The van der Waals surface area contributed by atoms with Gasteiger partial charge in [0.25, 0.3) is 5.88 Å². The molecule has 2 saturated heterocycles. The average Bonchev–Trinajstić information content (AvgIpc) is 3.73. The molecule has 1 aliphatic carbocycles. The average molecular weight is 502 g/mol. The Morgan fingerprint density at radius 2 is 1.92 bits per heavy atom. The van der Waals surface area contributed by atoms with Gasteiger partial charge in [-0.1, -0.05) is 12.5 Å².